The molecule has 0 saturated carbocycles. The van der Waals surface area contributed by atoms with Crippen molar-refractivity contribution in [3.05, 3.63) is 35.9 Å². The Morgan fingerprint density at radius 2 is 2.16 bits per heavy atom. The average molecular weight is 278 g/mol. The Morgan fingerprint density at radius 1 is 1.37 bits per heavy atom. The van der Waals surface area contributed by atoms with Crippen LogP contribution in [0.15, 0.2) is 30.3 Å². The lowest BCUT2D eigenvalue weighted by atomic mass is 10.1. The van der Waals surface area contributed by atoms with Gasteiger partial charge in [-0.3, -0.25) is 9.59 Å². The van der Waals surface area contributed by atoms with E-state index in [-0.39, 0.29) is 23.5 Å². The molecular weight excluding hydrogens is 260 g/mol. The molecule has 0 bridgehead atoms. The van der Waals surface area contributed by atoms with E-state index in [4.69, 9.17) is 0 Å². The SMILES string of the molecule is O=C(C[C@H]1SCCNC1=O)NCCc1ccccc1. The monoisotopic (exact) mass is 278 g/mol. The van der Waals surface area contributed by atoms with Gasteiger partial charge in [-0.1, -0.05) is 30.3 Å². The summed E-state index contributed by atoms with van der Waals surface area (Å²) in [4.78, 5) is 23.3. The lowest BCUT2D eigenvalue weighted by Gasteiger charge is -2.20. The van der Waals surface area contributed by atoms with Crippen LogP contribution >= 0.6 is 11.8 Å². The van der Waals surface area contributed by atoms with Gasteiger partial charge in [-0.05, 0) is 12.0 Å². The Hall–Kier alpha value is -1.49. The predicted octanol–water partition coefficient (Wildman–Crippen LogP) is 0.967. The smallest absolute Gasteiger partial charge is 0.233 e. The van der Waals surface area contributed by atoms with E-state index < -0.39 is 0 Å². The third kappa shape index (κ3) is 4.59. The normalized spacial score (nSPS) is 18.7. The molecule has 1 aliphatic rings. The molecule has 0 aliphatic carbocycles. The maximum Gasteiger partial charge on any atom is 0.233 e. The summed E-state index contributed by atoms with van der Waals surface area (Å²) in [7, 11) is 0. The van der Waals surface area contributed by atoms with E-state index in [2.05, 4.69) is 10.6 Å². The zero-order valence-electron chi connectivity index (χ0n) is 10.7. The van der Waals surface area contributed by atoms with E-state index >= 15 is 0 Å². The van der Waals surface area contributed by atoms with Gasteiger partial charge in [0.15, 0.2) is 0 Å². The Balaban J connectivity index is 1.68. The highest BCUT2D eigenvalue weighted by atomic mass is 32.2. The maximum atomic E-state index is 11.7. The van der Waals surface area contributed by atoms with Crippen LogP contribution in [0, 0.1) is 0 Å². The van der Waals surface area contributed by atoms with E-state index in [0.717, 1.165) is 12.2 Å². The van der Waals surface area contributed by atoms with Crippen LogP contribution in [-0.2, 0) is 16.0 Å². The molecule has 4 nitrogen and oxygen atoms in total. The lowest BCUT2D eigenvalue weighted by Crippen LogP contribution is -2.42. The van der Waals surface area contributed by atoms with Crippen LogP contribution in [0.5, 0.6) is 0 Å². The molecule has 0 unspecified atom stereocenters. The first-order chi connectivity index (χ1) is 9.25. The number of hydrogen-bond donors (Lipinski definition) is 2. The van der Waals surface area contributed by atoms with Crippen molar-refractivity contribution in [1.29, 1.82) is 0 Å². The average Bonchev–Trinajstić information content (AvgIpc) is 2.43. The Morgan fingerprint density at radius 3 is 2.89 bits per heavy atom. The molecule has 1 aromatic rings. The van der Waals surface area contributed by atoms with Crippen LogP contribution in [0.25, 0.3) is 0 Å². The number of thioether (sulfide) groups is 1. The first-order valence-electron chi connectivity index (χ1n) is 6.45. The number of benzene rings is 1. The molecule has 102 valence electrons. The Kier molecular flexibility index (Phi) is 5.27. The molecule has 2 rings (SSSR count). The van der Waals surface area contributed by atoms with Gasteiger partial charge in [0.1, 0.15) is 0 Å². The fourth-order valence-corrected chi connectivity index (χ4v) is 2.96. The quantitative estimate of drug-likeness (QED) is 0.843. The summed E-state index contributed by atoms with van der Waals surface area (Å²) in [6, 6.07) is 10.0. The Labute approximate surface area is 117 Å². The second kappa shape index (κ2) is 7.19. The topological polar surface area (TPSA) is 58.2 Å². The van der Waals surface area contributed by atoms with E-state index in [9.17, 15) is 9.59 Å². The molecule has 1 heterocycles. The van der Waals surface area contributed by atoms with Gasteiger partial charge < -0.3 is 10.6 Å². The number of amides is 2. The van der Waals surface area contributed by atoms with Crippen molar-refractivity contribution in [3.8, 4) is 0 Å². The highest BCUT2D eigenvalue weighted by molar-refractivity contribution is 8.00. The molecular formula is C14H18N2O2S. The predicted molar refractivity (Wildman–Crippen MR) is 77.0 cm³/mol. The van der Waals surface area contributed by atoms with Crippen molar-refractivity contribution in [2.75, 3.05) is 18.8 Å². The summed E-state index contributed by atoms with van der Waals surface area (Å²) < 4.78 is 0. The van der Waals surface area contributed by atoms with Gasteiger partial charge in [-0.25, -0.2) is 0 Å². The maximum absolute atomic E-state index is 11.7. The molecule has 5 heteroatoms. The van der Waals surface area contributed by atoms with Crippen molar-refractivity contribution in [2.45, 2.75) is 18.1 Å². The highest BCUT2D eigenvalue weighted by Gasteiger charge is 2.24. The van der Waals surface area contributed by atoms with Gasteiger partial charge >= 0.3 is 0 Å². The first kappa shape index (κ1) is 13.9. The van der Waals surface area contributed by atoms with Crippen LogP contribution in [0.2, 0.25) is 0 Å². The van der Waals surface area contributed by atoms with Gasteiger partial charge in [0.2, 0.25) is 11.8 Å². The van der Waals surface area contributed by atoms with Gasteiger partial charge in [0.25, 0.3) is 0 Å². The zero-order chi connectivity index (χ0) is 13.5. The summed E-state index contributed by atoms with van der Waals surface area (Å²) in [6.07, 6.45) is 1.09. The summed E-state index contributed by atoms with van der Waals surface area (Å²) in [5.74, 6) is 0.813. The Bertz CT molecular complexity index is 436. The van der Waals surface area contributed by atoms with E-state index in [0.29, 0.717) is 13.1 Å². The molecule has 1 saturated heterocycles. The number of carbonyl (C=O) groups is 2. The molecule has 0 aromatic heterocycles. The minimum atomic E-state index is -0.231. The largest absolute Gasteiger partial charge is 0.356 e. The highest BCUT2D eigenvalue weighted by Crippen LogP contribution is 2.17. The van der Waals surface area contributed by atoms with Gasteiger partial charge in [0.05, 0.1) is 5.25 Å². The fourth-order valence-electron chi connectivity index (χ4n) is 1.95. The third-order valence-corrected chi connectivity index (χ3v) is 4.19. The second-order valence-corrected chi connectivity index (χ2v) is 5.75. The van der Waals surface area contributed by atoms with Gasteiger partial charge in [0, 0.05) is 25.3 Å². The molecule has 1 aliphatic heterocycles. The van der Waals surface area contributed by atoms with Crippen LogP contribution in [0.4, 0.5) is 0 Å². The molecule has 2 N–H and O–H groups in total. The molecule has 19 heavy (non-hydrogen) atoms. The van der Waals surface area contributed by atoms with Crippen molar-refractivity contribution in [1.82, 2.24) is 10.6 Å². The molecule has 1 aromatic carbocycles. The van der Waals surface area contributed by atoms with Gasteiger partial charge in [-0.15, -0.1) is 11.8 Å². The van der Waals surface area contributed by atoms with Gasteiger partial charge in [-0.2, -0.15) is 0 Å². The van der Waals surface area contributed by atoms with Crippen molar-refractivity contribution < 1.29 is 9.59 Å². The van der Waals surface area contributed by atoms with Crippen LogP contribution < -0.4 is 10.6 Å². The van der Waals surface area contributed by atoms with Crippen molar-refractivity contribution in [3.63, 3.8) is 0 Å². The number of carbonyl (C=O) groups excluding carboxylic acids is 2. The zero-order valence-corrected chi connectivity index (χ0v) is 11.5. The van der Waals surface area contributed by atoms with Crippen LogP contribution in [0.1, 0.15) is 12.0 Å². The summed E-state index contributed by atoms with van der Waals surface area (Å²) in [5, 5.41) is 5.42. The number of nitrogens with one attached hydrogen (secondary N) is 2. The molecule has 0 spiro atoms. The summed E-state index contributed by atoms with van der Waals surface area (Å²) in [5.41, 5.74) is 1.20. The van der Waals surface area contributed by atoms with Crippen molar-refractivity contribution >= 4 is 23.6 Å². The summed E-state index contributed by atoms with van der Waals surface area (Å²) >= 11 is 1.56. The van der Waals surface area contributed by atoms with E-state index in [1.165, 1.54) is 5.56 Å². The molecule has 2 amide bonds. The second-order valence-electron chi connectivity index (χ2n) is 4.44. The standard InChI is InChI=1S/C14H18N2O2S/c17-13(10-12-14(18)16-8-9-19-12)15-7-6-11-4-2-1-3-5-11/h1-5,12H,6-10H2,(H,15,17)(H,16,18)/t12-/m1/s1. The number of rotatable bonds is 5. The minimum Gasteiger partial charge on any atom is -0.356 e. The molecule has 0 radical (unpaired) electrons. The van der Waals surface area contributed by atoms with E-state index in [1.807, 2.05) is 30.3 Å². The van der Waals surface area contributed by atoms with Crippen LogP contribution in [0.3, 0.4) is 0 Å². The first-order valence-corrected chi connectivity index (χ1v) is 7.50. The lowest BCUT2D eigenvalue weighted by molar-refractivity contribution is -0.126. The third-order valence-electron chi connectivity index (χ3n) is 2.96. The minimum absolute atomic E-state index is 0.0190. The fraction of sp³-hybridized carbons (Fsp3) is 0.429. The van der Waals surface area contributed by atoms with Crippen LogP contribution in [-0.4, -0.2) is 35.9 Å². The van der Waals surface area contributed by atoms with Crippen molar-refractivity contribution in [2.24, 2.45) is 0 Å². The van der Waals surface area contributed by atoms with E-state index in [1.54, 1.807) is 11.8 Å². The number of hydrogen-bond acceptors (Lipinski definition) is 3. The molecule has 1 fully saturated rings. The summed E-state index contributed by atoms with van der Waals surface area (Å²) in [6.45, 7) is 1.32. The molecule has 1 atom stereocenters.